The first-order chi connectivity index (χ1) is 19.7. The van der Waals surface area contributed by atoms with Gasteiger partial charge in [0.25, 0.3) is 5.91 Å². The highest BCUT2D eigenvalue weighted by molar-refractivity contribution is 5.95. The molecule has 1 aromatic heterocycles. The molecular weight excluding hydrogens is 520 g/mol. The number of para-hydroxylation sites is 2. The number of aryl methyl sites for hydroxylation is 1. The van der Waals surface area contributed by atoms with Gasteiger partial charge in [-0.3, -0.25) is 9.59 Å². The number of ether oxygens (including phenoxy) is 3. The van der Waals surface area contributed by atoms with Crippen LogP contribution in [-0.4, -0.2) is 67.2 Å². The number of benzene rings is 2. The predicted octanol–water partition coefficient (Wildman–Crippen LogP) is 5.35. The molecule has 9 heteroatoms. The first kappa shape index (κ1) is 31.8. The fourth-order valence-electron chi connectivity index (χ4n) is 4.99. The van der Waals surface area contributed by atoms with Crippen LogP contribution in [0.5, 0.6) is 17.2 Å². The Morgan fingerprint density at radius 2 is 1.54 bits per heavy atom. The number of rotatable bonds is 16. The summed E-state index contributed by atoms with van der Waals surface area (Å²) in [6, 6.07) is 11.3. The molecule has 0 bridgehead atoms. The van der Waals surface area contributed by atoms with E-state index in [0.717, 1.165) is 55.6 Å². The van der Waals surface area contributed by atoms with Crippen molar-refractivity contribution in [3.05, 3.63) is 47.8 Å². The topological polar surface area (TPSA) is 94.9 Å². The van der Waals surface area contributed by atoms with Gasteiger partial charge in [0.1, 0.15) is 12.4 Å². The molecule has 41 heavy (non-hydrogen) atoms. The molecule has 0 saturated heterocycles. The Bertz CT molecular complexity index is 1270. The fraction of sp³-hybridized carbons (Fsp3) is 0.531. The number of imidazole rings is 1. The molecule has 0 unspecified atom stereocenters. The number of nitrogens with zero attached hydrogens (tertiary/aromatic N) is 3. The van der Waals surface area contributed by atoms with E-state index in [-0.39, 0.29) is 11.8 Å². The predicted molar refractivity (Wildman–Crippen MR) is 162 cm³/mol. The van der Waals surface area contributed by atoms with Gasteiger partial charge in [-0.2, -0.15) is 0 Å². The number of methoxy groups -OCH3 is 3. The van der Waals surface area contributed by atoms with Crippen molar-refractivity contribution in [1.82, 2.24) is 19.8 Å². The summed E-state index contributed by atoms with van der Waals surface area (Å²) < 4.78 is 18.1. The highest BCUT2D eigenvalue weighted by Gasteiger charge is 2.20. The van der Waals surface area contributed by atoms with Crippen LogP contribution in [0.15, 0.2) is 36.4 Å². The third-order valence-corrected chi connectivity index (χ3v) is 6.84. The van der Waals surface area contributed by atoms with E-state index in [0.29, 0.717) is 47.7 Å². The van der Waals surface area contributed by atoms with Gasteiger partial charge in [-0.05, 0) is 48.9 Å². The molecule has 3 rings (SSSR count). The highest BCUT2D eigenvalue weighted by Crippen LogP contribution is 2.38. The summed E-state index contributed by atoms with van der Waals surface area (Å²) in [5.41, 5.74) is 2.34. The maximum Gasteiger partial charge on any atom is 0.251 e. The lowest BCUT2D eigenvalue weighted by Crippen LogP contribution is -2.39. The highest BCUT2D eigenvalue weighted by atomic mass is 16.5. The second kappa shape index (κ2) is 15.3. The number of unbranched alkanes of at least 4 members (excludes halogenated alkanes) is 2. The Labute approximate surface area is 244 Å². The van der Waals surface area contributed by atoms with Crippen LogP contribution in [0.3, 0.4) is 0 Å². The van der Waals surface area contributed by atoms with Crippen LogP contribution in [-0.2, 0) is 17.8 Å². The number of fused-ring (bicyclic) bond motifs is 1. The van der Waals surface area contributed by atoms with Gasteiger partial charge in [0.2, 0.25) is 11.7 Å². The quantitative estimate of drug-likeness (QED) is 0.235. The van der Waals surface area contributed by atoms with E-state index >= 15 is 0 Å². The maximum absolute atomic E-state index is 13.4. The van der Waals surface area contributed by atoms with Crippen LogP contribution >= 0.6 is 0 Å². The summed E-state index contributed by atoms with van der Waals surface area (Å²) in [5, 5.41) is 2.98. The molecule has 1 heterocycles. The van der Waals surface area contributed by atoms with Crippen molar-refractivity contribution >= 4 is 22.8 Å². The van der Waals surface area contributed by atoms with Crippen LogP contribution in [0.4, 0.5) is 0 Å². The lowest BCUT2D eigenvalue weighted by molar-refractivity contribution is -0.132. The molecule has 0 radical (unpaired) electrons. The average Bonchev–Trinajstić information content (AvgIpc) is 3.29. The largest absolute Gasteiger partial charge is 0.493 e. The minimum atomic E-state index is -0.197. The molecule has 0 aliphatic heterocycles. The van der Waals surface area contributed by atoms with Gasteiger partial charge in [0.05, 0.1) is 32.4 Å². The second-order valence-electron chi connectivity index (χ2n) is 11.2. The van der Waals surface area contributed by atoms with Crippen LogP contribution in [0, 0.1) is 11.8 Å². The molecule has 9 nitrogen and oxygen atoms in total. The number of hydrogen-bond donors (Lipinski definition) is 1. The summed E-state index contributed by atoms with van der Waals surface area (Å²) in [5.74, 6) is 3.01. The maximum atomic E-state index is 13.4. The van der Waals surface area contributed by atoms with Gasteiger partial charge in [-0.15, -0.1) is 0 Å². The summed E-state index contributed by atoms with van der Waals surface area (Å²) >= 11 is 0. The van der Waals surface area contributed by atoms with Gasteiger partial charge in [0, 0.05) is 31.6 Å². The Balaban J connectivity index is 1.59. The van der Waals surface area contributed by atoms with Gasteiger partial charge < -0.3 is 29.0 Å². The number of nitrogens with one attached hydrogen (secondary N) is 1. The lowest BCUT2D eigenvalue weighted by atomic mass is 10.1. The van der Waals surface area contributed by atoms with Crippen molar-refractivity contribution in [3.8, 4) is 17.2 Å². The minimum Gasteiger partial charge on any atom is -0.493 e. The molecule has 0 atom stereocenters. The molecule has 2 amide bonds. The number of aromatic nitrogens is 2. The molecule has 0 saturated carbocycles. The van der Waals surface area contributed by atoms with Crippen LogP contribution in [0.2, 0.25) is 0 Å². The Hall–Kier alpha value is -3.75. The Kier molecular flexibility index (Phi) is 11.9. The van der Waals surface area contributed by atoms with Gasteiger partial charge >= 0.3 is 0 Å². The van der Waals surface area contributed by atoms with E-state index in [9.17, 15) is 9.59 Å². The molecule has 3 aromatic rings. The number of hydrogen-bond acceptors (Lipinski definition) is 6. The third-order valence-electron chi connectivity index (χ3n) is 6.84. The number of carbonyl (C=O) groups excluding carboxylic acids is 2. The fourth-order valence-corrected chi connectivity index (χ4v) is 4.99. The second-order valence-corrected chi connectivity index (χ2v) is 11.2. The lowest BCUT2D eigenvalue weighted by Gasteiger charge is -2.27. The molecule has 0 aliphatic rings. The van der Waals surface area contributed by atoms with Crippen LogP contribution in [0.25, 0.3) is 11.0 Å². The molecule has 224 valence electrons. The molecular formula is C32H46N4O5. The van der Waals surface area contributed by atoms with Crippen molar-refractivity contribution in [3.63, 3.8) is 0 Å². The van der Waals surface area contributed by atoms with Crippen molar-refractivity contribution in [1.29, 1.82) is 0 Å². The van der Waals surface area contributed by atoms with Crippen LogP contribution < -0.4 is 19.5 Å². The van der Waals surface area contributed by atoms with Crippen LogP contribution in [0.1, 0.15) is 63.1 Å². The summed E-state index contributed by atoms with van der Waals surface area (Å²) in [7, 11) is 4.58. The zero-order valence-electron chi connectivity index (χ0n) is 25.7. The normalized spacial score (nSPS) is 11.2. The van der Waals surface area contributed by atoms with Gasteiger partial charge in [-0.25, -0.2) is 4.98 Å². The Morgan fingerprint density at radius 3 is 2.12 bits per heavy atom. The van der Waals surface area contributed by atoms with Gasteiger partial charge in [0.15, 0.2) is 11.5 Å². The van der Waals surface area contributed by atoms with E-state index in [2.05, 4.69) is 37.6 Å². The smallest absolute Gasteiger partial charge is 0.251 e. The van der Waals surface area contributed by atoms with E-state index < -0.39 is 0 Å². The van der Waals surface area contributed by atoms with Crippen molar-refractivity contribution in [2.24, 2.45) is 11.8 Å². The monoisotopic (exact) mass is 566 g/mol. The molecule has 0 aliphatic carbocycles. The van der Waals surface area contributed by atoms with E-state index in [4.69, 9.17) is 19.2 Å². The molecule has 1 N–H and O–H groups in total. The zero-order chi connectivity index (χ0) is 29.9. The van der Waals surface area contributed by atoms with E-state index in [1.807, 2.05) is 29.2 Å². The summed E-state index contributed by atoms with van der Waals surface area (Å²) in [6.45, 7) is 10.9. The zero-order valence-corrected chi connectivity index (χ0v) is 25.7. The average molecular weight is 567 g/mol. The van der Waals surface area contributed by atoms with E-state index in [1.54, 1.807) is 12.1 Å². The third kappa shape index (κ3) is 8.62. The number of carbonyl (C=O) groups is 2. The van der Waals surface area contributed by atoms with Crippen molar-refractivity contribution < 1.29 is 23.8 Å². The first-order valence-electron chi connectivity index (χ1n) is 14.5. The van der Waals surface area contributed by atoms with E-state index in [1.165, 1.54) is 21.3 Å². The standard InChI is InChI=1S/C32H46N4O5/c1-22(2)19-35(20-23(3)4)30(37)21-36-26-14-11-10-13-25(26)34-29(36)15-9-8-12-16-33-32(38)24-17-27(39-5)31(41-7)28(18-24)40-6/h10-11,13-14,17-18,22-23H,8-9,12,15-16,19-21H2,1-7H3,(H,33,38). The van der Waals surface area contributed by atoms with Crippen molar-refractivity contribution in [2.75, 3.05) is 41.0 Å². The SMILES string of the molecule is COc1cc(C(=O)NCCCCCc2nc3ccccc3n2CC(=O)N(CC(C)C)CC(C)C)cc(OC)c1OC. The van der Waals surface area contributed by atoms with Crippen molar-refractivity contribution in [2.45, 2.75) is 59.9 Å². The Morgan fingerprint density at radius 1 is 0.902 bits per heavy atom. The minimum absolute atomic E-state index is 0.131. The first-order valence-corrected chi connectivity index (χ1v) is 14.5. The molecule has 2 aromatic carbocycles. The molecule has 0 spiro atoms. The van der Waals surface area contributed by atoms with Gasteiger partial charge in [-0.1, -0.05) is 46.2 Å². The number of amides is 2. The summed E-state index contributed by atoms with van der Waals surface area (Å²) in [4.78, 5) is 33.0. The summed E-state index contributed by atoms with van der Waals surface area (Å²) in [6.07, 6.45) is 3.40. The molecule has 0 fully saturated rings.